The Hall–Kier alpha value is -1.92. The molecule has 96 valence electrons. The van der Waals surface area contributed by atoms with Crippen LogP contribution in [-0.4, -0.2) is 39.4 Å². The molecule has 3 N–H and O–H groups in total. The van der Waals surface area contributed by atoms with Gasteiger partial charge < -0.3 is 15.5 Å². The molecule has 7 nitrogen and oxygen atoms in total. The average molecular weight is 245 g/mol. The normalized spacial score (nSPS) is 12.6. The number of hydrogen-bond acceptors (Lipinski definition) is 4. The molecule has 7 heteroatoms. The van der Waals surface area contributed by atoms with E-state index in [2.05, 4.69) is 0 Å². The molecule has 1 unspecified atom stereocenters. The number of amides is 1. The first kappa shape index (κ1) is 15.1. The molecule has 0 aromatic heterocycles. The highest BCUT2D eigenvalue weighted by atomic mass is 16.4. The molecule has 0 aliphatic carbocycles. The van der Waals surface area contributed by atoms with E-state index in [1.165, 1.54) is 13.8 Å². The Bertz CT molecular complexity index is 348. The third-order valence-electron chi connectivity index (χ3n) is 2.43. The van der Waals surface area contributed by atoms with E-state index >= 15 is 0 Å². The molecule has 0 rings (SSSR count). The van der Waals surface area contributed by atoms with Crippen LogP contribution in [0.25, 0.3) is 0 Å². The van der Waals surface area contributed by atoms with E-state index in [1.807, 2.05) is 5.32 Å². The lowest BCUT2D eigenvalue weighted by Crippen LogP contribution is -2.60. The highest BCUT2D eigenvalue weighted by molar-refractivity contribution is 6.06. The third-order valence-corrected chi connectivity index (χ3v) is 2.43. The highest BCUT2D eigenvalue weighted by Crippen LogP contribution is 2.19. The number of carbonyl (C=O) groups excluding carboxylic acids is 2. The lowest BCUT2D eigenvalue weighted by Gasteiger charge is -2.27. The van der Waals surface area contributed by atoms with Crippen LogP contribution in [0.3, 0.4) is 0 Å². The fourth-order valence-corrected chi connectivity index (χ4v) is 1.33. The number of rotatable bonds is 6. The van der Waals surface area contributed by atoms with Gasteiger partial charge in [-0.15, -0.1) is 0 Å². The fraction of sp³-hybridized carbons (Fsp3) is 0.600. The van der Waals surface area contributed by atoms with Gasteiger partial charge in [-0.3, -0.25) is 9.59 Å². The van der Waals surface area contributed by atoms with Gasteiger partial charge in [-0.1, -0.05) is 6.92 Å². The predicted octanol–water partition coefficient (Wildman–Crippen LogP) is -0.354. The molecular formula is C10H15NO6. The van der Waals surface area contributed by atoms with Crippen LogP contribution in [0.4, 0.5) is 0 Å². The van der Waals surface area contributed by atoms with Gasteiger partial charge in [0.2, 0.25) is 11.4 Å². The van der Waals surface area contributed by atoms with E-state index in [4.69, 9.17) is 10.2 Å². The van der Waals surface area contributed by atoms with E-state index in [0.717, 1.165) is 6.92 Å². The van der Waals surface area contributed by atoms with Gasteiger partial charge in [-0.05, 0) is 6.92 Å². The summed E-state index contributed by atoms with van der Waals surface area (Å²) in [4.78, 5) is 44.1. The summed E-state index contributed by atoms with van der Waals surface area (Å²) < 4.78 is 0. The van der Waals surface area contributed by atoms with Gasteiger partial charge in [0.05, 0.1) is 0 Å². The molecule has 0 spiro atoms. The summed E-state index contributed by atoms with van der Waals surface area (Å²) in [6.45, 7) is 3.65. The Balaban J connectivity index is 5.33. The standard InChI is InChI=1S/C10H15NO6/c1-5(6(2)12)4-10(8(14)15,9(16)17)11-7(3)13/h5H,4H2,1-3H3,(H,11,13)(H,14,15)(H,16,17). The first-order valence-corrected chi connectivity index (χ1v) is 4.89. The van der Waals surface area contributed by atoms with Crippen molar-refractivity contribution in [3.8, 4) is 0 Å². The Morgan fingerprint density at radius 2 is 1.53 bits per heavy atom. The minimum atomic E-state index is -2.46. The number of ketones is 1. The summed E-state index contributed by atoms with van der Waals surface area (Å²) in [6, 6.07) is 0. The fourth-order valence-electron chi connectivity index (χ4n) is 1.33. The number of hydrogen-bond donors (Lipinski definition) is 3. The third kappa shape index (κ3) is 3.54. The number of carbonyl (C=O) groups is 4. The monoisotopic (exact) mass is 245 g/mol. The number of carboxylic acids is 2. The van der Waals surface area contributed by atoms with Crippen molar-refractivity contribution in [2.75, 3.05) is 0 Å². The molecule has 0 aromatic rings. The maximum Gasteiger partial charge on any atom is 0.341 e. The minimum absolute atomic E-state index is 0.345. The molecule has 0 aliphatic rings. The topological polar surface area (TPSA) is 121 Å². The molecule has 0 bridgehead atoms. The van der Waals surface area contributed by atoms with Gasteiger partial charge >= 0.3 is 11.9 Å². The van der Waals surface area contributed by atoms with Crippen LogP contribution in [0, 0.1) is 5.92 Å². The van der Waals surface area contributed by atoms with Gasteiger partial charge in [-0.25, -0.2) is 9.59 Å². The van der Waals surface area contributed by atoms with Gasteiger partial charge in [0.15, 0.2) is 0 Å². The molecule has 0 aromatic carbocycles. The molecule has 0 fully saturated rings. The van der Waals surface area contributed by atoms with Crippen molar-refractivity contribution in [3.63, 3.8) is 0 Å². The lowest BCUT2D eigenvalue weighted by molar-refractivity contribution is -0.162. The summed E-state index contributed by atoms with van der Waals surface area (Å²) in [5.74, 6) is -5.32. The van der Waals surface area contributed by atoms with Gasteiger partial charge in [0.1, 0.15) is 5.78 Å². The Morgan fingerprint density at radius 3 is 1.76 bits per heavy atom. The maximum absolute atomic E-state index is 11.1. The van der Waals surface area contributed by atoms with Crippen LogP contribution in [0.1, 0.15) is 27.2 Å². The van der Waals surface area contributed by atoms with Crippen molar-refractivity contribution < 1.29 is 29.4 Å². The zero-order chi connectivity index (χ0) is 13.8. The smallest absolute Gasteiger partial charge is 0.341 e. The molecular weight excluding hydrogens is 230 g/mol. The van der Waals surface area contributed by atoms with E-state index in [0.29, 0.717) is 0 Å². The summed E-state index contributed by atoms with van der Waals surface area (Å²) >= 11 is 0. The molecule has 1 atom stereocenters. The first-order valence-electron chi connectivity index (χ1n) is 4.89. The molecule has 0 heterocycles. The van der Waals surface area contributed by atoms with E-state index < -0.39 is 35.7 Å². The van der Waals surface area contributed by atoms with Crippen molar-refractivity contribution in [1.29, 1.82) is 0 Å². The second-order valence-electron chi connectivity index (χ2n) is 3.91. The van der Waals surface area contributed by atoms with Gasteiger partial charge in [-0.2, -0.15) is 0 Å². The predicted molar refractivity (Wildman–Crippen MR) is 56.3 cm³/mol. The summed E-state index contributed by atoms with van der Waals surface area (Å²) in [5, 5.41) is 19.8. The summed E-state index contributed by atoms with van der Waals surface area (Å²) in [7, 11) is 0. The second-order valence-corrected chi connectivity index (χ2v) is 3.91. The molecule has 0 saturated heterocycles. The Labute approximate surface area is 97.8 Å². The van der Waals surface area contributed by atoms with Crippen molar-refractivity contribution >= 4 is 23.6 Å². The van der Waals surface area contributed by atoms with Gasteiger partial charge in [0.25, 0.3) is 0 Å². The van der Waals surface area contributed by atoms with Gasteiger partial charge in [0, 0.05) is 19.3 Å². The van der Waals surface area contributed by atoms with Crippen molar-refractivity contribution in [2.24, 2.45) is 5.92 Å². The maximum atomic E-state index is 11.1. The molecule has 0 radical (unpaired) electrons. The minimum Gasteiger partial charge on any atom is -0.479 e. The lowest BCUT2D eigenvalue weighted by atomic mass is 9.86. The second kappa shape index (κ2) is 5.42. The zero-order valence-electron chi connectivity index (χ0n) is 9.81. The number of nitrogens with one attached hydrogen (secondary N) is 1. The van der Waals surface area contributed by atoms with Crippen LogP contribution in [0.2, 0.25) is 0 Å². The molecule has 0 saturated carbocycles. The van der Waals surface area contributed by atoms with Crippen LogP contribution in [-0.2, 0) is 19.2 Å². The van der Waals surface area contributed by atoms with Crippen LogP contribution < -0.4 is 5.32 Å². The quantitative estimate of drug-likeness (QED) is 0.550. The Morgan fingerprint density at radius 1 is 1.12 bits per heavy atom. The van der Waals surface area contributed by atoms with Crippen molar-refractivity contribution in [3.05, 3.63) is 0 Å². The van der Waals surface area contributed by atoms with Crippen LogP contribution in [0.15, 0.2) is 0 Å². The van der Waals surface area contributed by atoms with Crippen LogP contribution in [0.5, 0.6) is 0 Å². The number of aliphatic carboxylic acids is 2. The highest BCUT2D eigenvalue weighted by Gasteiger charge is 2.49. The average Bonchev–Trinajstić information content (AvgIpc) is 2.14. The number of carboxylic acid groups (broad SMARTS) is 2. The van der Waals surface area contributed by atoms with E-state index in [9.17, 15) is 19.2 Å². The number of Topliss-reactive ketones (excluding diaryl/α,β-unsaturated/α-hetero) is 1. The molecule has 1 amide bonds. The first-order chi connectivity index (χ1) is 7.63. The molecule has 17 heavy (non-hydrogen) atoms. The Kier molecular flexibility index (Phi) is 4.81. The summed E-state index contributed by atoms with van der Waals surface area (Å²) in [5.41, 5.74) is -2.46. The summed E-state index contributed by atoms with van der Waals surface area (Å²) in [6.07, 6.45) is -0.493. The zero-order valence-corrected chi connectivity index (χ0v) is 9.81. The van der Waals surface area contributed by atoms with E-state index in [-0.39, 0.29) is 5.78 Å². The van der Waals surface area contributed by atoms with Crippen molar-refractivity contribution in [2.45, 2.75) is 32.7 Å². The van der Waals surface area contributed by atoms with Crippen LogP contribution >= 0.6 is 0 Å². The molecule has 0 aliphatic heterocycles. The van der Waals surface area contributed by atoms with E-state index in [1.54, 1.807) is 0 Å². The SMILES string of the molecule is CC(=O)NC(CC(C)C(C)=O)(C(=O)O)C(=O)O. The largest absolute Gasteiger partial charge is 0.479 e. The van der Waals surface area contributed by atoms with Crippen molar-refractivity contribution in [1.82, 2.24) is 5.32 Å².